The number of nitrogens with zero attached hydrogens (tertiary/aromatic N) is 5. The molecule has 1 saturated heterocycles. The molecule has 148 valence electrons. The highest BCUT2D eigenvalue weighted by Gasteiger charge is 2.28. The first kappa shape index (κ1) is 18.4. The molecule has 2 aliphatic heterocycles. The van der Waals surface area contributed by atoms with Crippen LogP contribution < -0.4 is 10.1 Å². The van der Waals surface area contributed by atoms with Crippen LogP contribution in [0.3, 0.4) is 0 Å². The number of nitro groups is 1. The maximum absolute atomic E-state index is 12.4. The molecule has 0 saturated carbocycles. The Kier molecular flexibility index (Phi) is 5.20. The number of nitrogens with one attached hydrogen (secondary N) is 1. The molecule has 0 radical (unpaired) electrons. The third-order valence-electron chi connectivity index (χ3n) is 5.25. The van der Waals surface area contributed by atoms with Gasteiger partial charge < -0.3 is 19.5 Å². The van der Waals surface area contributed by atoms with Crippen LogP contribution in [-0.4, -0.2) is 56.7 Å². The minimum Gasteiger partial charge on any atom is -0.484 e. The van der Waals surface area contributed by atoms with Crippen molar-refractivity contribution in [2.75, 3.05) is 26.2 Å². The number of ether oxygens (including phenoxy) is 1. The molecule has 28 heavy (non-hydrogen) atoms. The fourth-order valence-electron chi connectivity index (χ4n) is 3.73. The predicted molar refractivity (Wildman–Crippen MR) is 98.9 cm³/mol. The van der Waals surface area contributed by atoms with E-state index in [9.17, 15) is 14.9 Å². The van der Waals surface area contributed by atoms with Crippen molar-refractivity contribution >= 4 is 11.6 Å². The second kappa shape index (κ2) is 7.93. The molecule has 1 aromatic heterocycles. The van der Waals surface area contributed by atoms with Crippen molar-refractivity contribution in [1.29, 1.82) is 0 Å². The molecule has 1 amide bonds. The summed E-state index contributed by atoms with van der Waals surface area (Å²) in [5, 5.41) is 22.8. The van der Waals surface area contributed by atoms with Crippen molar-refractivity contribution in [2.24, 2.45) is 0 Å². The van der Waals surface area contributed by atoms with Gasteiger partial charge in [-0.3, -0.25) is 14.9 Å². The maximum atomic E-state index is 12.4. The summed E-state index contributed by atoms with van der Waals surface area (Å²) < 4.78 is 7.65. The van der Waals surface area contributed by atoms with Gasteiger partial charge in [0.1, 0.15) is 17.4 Å². The lowest BCUT2D eigenvalue weighted by Gasteiger charge is -2.32. The third kappa shape index (κ3) is 3.81. The van der Waals surface area contributed by atoms with Gasteiger partial charge in [-0.2, -0.15) is 0 Å². The van der Waals surface area contributed by atoms with Crippen molar-refractivity contribution in [1.82, 2.24) is 25.0 Å². The number of fused-ring (bicyclic) bond motifs is 1. The molecule has 0 spiro atoms. The Labute approximate surface area is 161 Å². The zero-order valence-electron chi connectivity index (χ0n) is 15.4. The number of benzene rings is 1. The molecule has 10 heteroatoms. The number of hydrogen-bond donors (Lipinski definition) is 1. The normalized spacial score (nSPS) is 17.2. The van der Waals surface area contributed by atoms with E-state index in [4.69, 9.17) is 4.74 Å². The van der Waals surface area contributed by atoms with Crippen LogP contribution in [0.5, 0.6) is 5.75 Å². The fraction of sp³-hybridized carbons (Fsp3) is 0.500. The van der Waals surface area contributed by atoms with E-state index in [0.717, 1.165) is 44.1 Å². The van der Waals surface area contributed by atoms with E-state index in [1.165, 1.54) is 18.2 Å². The summed E-state index contributed by atoms with van der Waals surface area (Å²) in [6.45, 7) is 3.71. The molecule has 3 heterocycles. The minimum atomic E-state index is -0.487. The first-order valence-corrected chi connectivity index (χ1v) is 9.39. The molecule has 10 nitrogen and oxygen atoms in total. The van der Waals surface area contributed by atoms with Gasteiger partial charge in [0.15, 0.2) is 6.61 Å². The zero-order valence-corrected chi connectivity index (χ0v) is 15.4. The molecule has 2 aromatic rings. The van der Waals surface area contributed by atoms with E-state index >= 15 is 0 Å². The van der Waals surface area contributed by atoms with Crippen LogP contribution in [0.2, 0.25) is 0 Å². The molecular weight excluding hydrogens is 364 g/mol. The highest BCUT2D eigenvalue weighted by molar-refractivity contribution is 5.77. The number of piperidine rings is 1. The summed E-state index contributed by atoms with van der Waals surface area (Å²) in [4.78, 5) is 24.6. The van der Waals surface area contributed by atoms with E-state index in [1.807, 2.05) is 0 Å². The minimum absolute atomic E-state index is 0.0578. The summed E-state index contributed by atoms with van der Waals surface area (Å²) in [7, 11) is 0. The smallest absolute Gasteiger partial charge is 0.273 e. The molecule has 1 fully saturated rings. The number of carbonyl (C=O) groups excluding carboxylic acids is 1. The topological polar surface area (TPSA) is 115 Å². The number of hydrogen-bond acceptors (Lipinski definition) is 7. The van der Waals surface area contributed by atoms with Gasteiger partial charge in [-0.1, -0.05) is 6.07 Å². The lowest BCUT2D eigenvalue weighted by atomic mass is 9.95. The quantitative estimate of drug-likeness (QED) is 0.604. The van der Waals surface area contributed by atoms with Crippen LogP contribution >= 0.6 is 0 Å². The van der Waals surface area contributed by atoms with Gasteiger partial charge in [0, 0.05) is 38.2 Å². The number of amides is 1. The second-order valence-corrected chi connectivity index (χ2v) is 7.00. The predicted octanol–water partition coefficient (Wildman–Crippen LogP) is 1.07. The number of rotatable bonds is 5. The fourth-order valence-corrected chi connectivity index (χ4v) is 3.73. The van der Waals surface area contributed by atoms with E-state index in [0.29, 0.717) is 24.8 Å². The maximum Gasteiger partial charge on any atom is 0.273 e. The number of carbonyl (C=O) groups is 1. The van der Waals surface area contributed by atoms with Gasteiger partial charge in [-0.05, 0) is 18.9 Å². The Morgan fingerprint density at radius 2 is 2.11 bits per heavy atom. The zero-order chi connectivity index (χ0) is 19.5. The van der Waals surface area contributed by atoms with Crippen molar-refractivity contribution < 1.29 is 14.5 Å². The van der Waals surface area contributed by atoms with E-state index in [2.05, 4.69) is 20.1 Å². The first-order valence-electron chi connectivity index (χ1n) is 9.39. The molecule has 1 aromatic carbocycles. The lowest BCUT2D eigenvalue weighted by Crippen LogP contribution is -2.41. The van der Waals surface area contributed by atoms with Crippen LogP contribution in [0.15, 0.2) is 24.3 Å². The summed E-state index contributed by atoms with van der Waals surface area (Å²) >= 11 is 0. The number of likely N-dealkylation sites (tertiary alicyclic amines) is 1. The van der Waals surface area contributed by atoms with Crippen LogP contribution in [0.1, 0.15) is 30.4 Å². The van der Waals surface area contributed by atoms with Crippen LogP contribution in [0, 0.1) is 10.1 Å². The van der Waals surface area contributed by atoms with Gasteiger partial charge >= 0.3 is 0 Å². The van der Waals surface area contributed by atoms with Gasteiger partial charge in [-0.25, -0.2) is 0 Å². The Bertz CT molecular complexity index is 875. The van der Waals surface area contributed by atoms with E-state index in [-0.39, 0.29) is 18.2 Å². The molecule has 1 N–H and O–H groups in total. The van der Waals surface area contributed by atoms with Crippen LogP contribution in [0.25, 0.3) is 0 Å². The molecule has 2 aliphatic rings. The van der Waals surface area contributed by atoms with Gasteiger partial charge in [0.05, 0.1) is 17.5 Å². The monoisotopic (exact) mass is 386 g/mol. The van der Waals surface area contributed by atoms with Crippen molar-refractivity contribution in [2.45, 2.75) is 31.8 Å². The molecule has 0 aliphatic carbocycles. The molecule has 4 rings (SSSR count). The molecule has 0 bridgehead atoms. The lowest BCUT2D eigenvalue weighted by molar-refractivity contribution is -0.384. The third-order valence-corrected chi connectivity index (χ3v) is 5.25. The average molecular weight is 386 g/mol. The largest absolute Gasteiger partial charge is 0.484 e. The summed E-state index contributed by atoms with van der Waals surface area (Å²) in [5.41, 5.74) is -0.0578. The van der Waals surface area contributed by atoms with Crippen LogP contribution in [-0.2, 0) is 17.9 Å². The van der Waals surface area contributed by atoms with Crippen LogP contribution in [0.4, 0.5) is 5.69 Å². The number of non-ortho nitro benzene ring substituents is 1. The van der Waals surface area contributed by atoms with Crippen molar-refractivity contribution in [3.63, 3.8) is 0 Å². The molecular formula is C18H22N6O4. The van der Waals surface area contributed by atoms with Crippen molar-refractivity contribution in [3.8, 4) is 5.75 Å². The second-order valence-electron chi connectivity index (χ2n) is 7.00. The number of nitro benzene ring substituents is 1. The summed E-state index contributed by atoms with van der Waals surface area (Å²) in [6.07, 6.45) is 1.68. The van der Waals surface area contributed by atoms with Crippen molar-refractivity contribution in [3.05, 3.63) is 46.0 Å². The Hall–Kier alpha value is -3.01. The average Bonchev–Trinajstić information content (AvgIpc) is 3.16. The number of aromatic nitrogens is 3. The molecule has 0 atom stereocenters. The van der Waals surface area contributed by atoms with Gasteiger partial charge in [0.25, 0.3) is 11.6 Å². The molecule has 0 unspecified atom stereocenters. The Morgan fingerprint density at radius 1 is 1.29 bits per heavy atom. The Balaban J connectivity index is 1.30. The highest BCUT2D eigenvalue weighted by Crippen LogP contribution is 2.28. The standard InChI is InChI=1S/C18H22N6O4/c25-17(12-28-15-3-1-2-14(10-15)24(26)27)22-7-4-13(5-8-22)18-21-20-16-11-19-6-9-23(16)18/h1-3,10,13,19H,4-9,11-12H2. The summed E-state index contributed by atoms with van der Waals surface area (Å²) in [5.74, 6) is 2.52. The van der Waals surface area contributed by atoms with E-state index < -0.39 is 4.92 Å². The van der Waals surface area contributed by atoms with Gasteiger partial charge in [0.2, 0.25) is 0 Å². The first-order chi connectivity index (χ1) is 13.6. The summed E-state index contributed by atoms with van der Waals surface area (Å²) in [6, 6.07) is 5.86. The Morgan fingerprint density at radius 3 is 2.89 bits per heavy atom. The van der Waals surface area contributed by atoms with Gasteiger partial charge in [-0.15, -0.1) is 10.2 Å². The highest BCUT2D eigenvalue weighted by atomic mass is 16.6. The van der Waals surface area contributed by atoms with E-state index in [1.54, 1.807) is 11.0 Å². The SMILES string of the molecule is O=C(COc1cccc([N+](=O)[O-])c1)N1CCC(c2nnc3n2CCNC3)CC1.